The molecule has 3 amide bonds. The van der Waals surface area contributed by atoms with Crippen LogP contribution in [0.1, 0.15) is 15.9 Å². The van der Waals surface area contributed by atoms with E-state index in [0.29, 0.717) is 0 Å². The minimum Gasteiger partial charge on any atom is -0.367 e. The molecule has 0 bridgehead atoms. The molecule has 1 aliphatic heterocycles. The number of nitrogens with zero attached hydrogens (tertiary/aromatic N) is 1. The monoisotopic (exact) mass is 417 g/mol. The average molecular weight is 418 g/mol. The topological polar surface area (TPSA) is 126 Å². The summed E-state index contributed by atoms with van der Waals surface area (Å²) >= 11 is 5.98. The molecule has 0 aromatic heterocycles. The molecule has 10 heteroatoms. The molecule has 0 radical (unpaired) electrons. The molecule has 0 aliphatic carbocycles. The van der Waals surface area contributed by atoms with Gasteiger partial charge >= 0.3 is 0 Å². The summed E-state index contributed by atoms with van der Waals surface area (Å²) in [5, 5.41) is 7.79. The molecule has 0 spiro atoms. The zero-order valence-electron chi connectivity index (χ0n) is 15.3. The molecule has 1 atom stereocenters. The van der Waals surface area contributed by atoms with Crippen molar-refractivity contribution in [1.82, 2.24) is 10.6 Å². The first-order chi connectivity index (χ1) is 13.8. The number of hydrogen-bond acceptors (Lipinski definition) is 5. The standard InChI is InChI=1S/C19H17ClFN5O3/c1-23-17(28)15-19(18(22)29,25-9-24-15)10-6-7-14(13(21)8-10)26-16(27)11-4-2-3-5-12(11)20/h2-8,25H,9H2,1H3,(H2,22,29)(H,23,28)(H,26,27). The van der Waals surface area contributed by atoms with Gasteiger partial charge in [0.25, 0.3) is 11.8 Å². The van der Waals surface area contributed by atoms with Crippen LogP contribution in [0.25, 0.3) is 0 Å². The van der Waals surface area contributed by atoms with Crippen LogP contribution in [-0.2, 0) is 15.1 Å². The third-order valence-electron chi connectivity index (χ3n) is 4.52. The molecule has 0 fully saturated rings. The van der Waals surface area contributed by atoms with Gasteiger partial charge in [-0.15, -0.1) is 0 Å². The summed E-state index contributed by atoms with van der Waals surface area (Å²) < 4.78 is 14.8. The Morgan fingerprint density at radius 2 is 1.93 bits per heavy atom. The van der Waals surface area contributed by atoms with Crippen molar-refractivity contribution in [3.05, 3.63) is 64.4 Å². The molecule has 5 N–H and O–H groups in total. The fraction of sp³-hybridized carbons (Fsp3) is 0.158. The van der Waals surface area contributed by atoms with Crippen molar-refractivity contribution in [3.8, 4) is 0 Å². The van der Waals surface area contributed by atoms with Crippen LogP contribution < -0.4 is 21.7 Å². The number of carbonyl (C=O) groups excluding carboxylic acids is 3. The van der Waals surface area contributed by atoms with E-state index in [1.807, 2.05) is 0 Å². The Morgan fingerprint density at radius 1 is 1.21 bits per heavy atom. The second-order valence-corrected chi connectivity index (χ2v) is 6.57. The van der Waals surface area contributed by atoms with Crippen molar-refractivity contribution >= 4 is 40.7 Å². The van der Waals surface area contributed by atoms with Crippen LogP contribution in [0.4, 0.5) is 10.1 Å². The molecule has 0 saturated heterocycles. The maximum atomic E-state index is 14.8. The van der Waals surface area contributed by atoms with Crippen molar-refractivity contribution in [3.63, 3.8) is 0 Å². The van der Waals surface area contributed by atoms with E-state index in [0.717, 1.165) is 6.07 Å². The van der Waals surface area contributed by atoms with Gasteiger partial charge in [0.05, 0.1) is 22.9 Å². The summed E-state index contributed by atoms with van der Waals surface area (Å²) in [5.41, 5.74) is 3.72. The maximum absolute atomic E-state index is 14.8. The highest BCUT2D eigenvalue weighted by Crippen LogP contribution is 2.30. The smallest absolute Gasteiger partial charge is 0.267 e. The van der Waals surface area contributed by atoms with Gasteiger partial charge in [0.15, 0.2) is 5.54 Å². The van der Waals surface area contributed by atoms with Crippen LogP contribution in [0.5, 0.6) is 0 Å². The van der Waals surface area contributed by atoms with E-state index in [2.05, 4.69) is 20.9 Å². The van der Waals surface area contributed by atoms with Crippen LogP contribution in [0.3, 0.4) is 0 Å². The number of anilines is 1. The molecule has 2 aromatic carbocycles. The first-order valence-corrected chi connectivity index (χ1v) is 8.87. The normalized spacial score (nSPS) is 18.1. The molecule has 150 valence electrons. The predicted molar refractivity (Wildman–Crippen MR) is 106 cm³/mol. The molecule has 8 nitrogen and oxygen atoms in total. The van der Waals surface area contributed by atoms with E-state index in [1.54, 1.807) is 12.1 Å². The Hall–Kier alpha value is -3.30. The highest BCUT2D eigenvalue weighted by atomic mass is 35.5. The van der Waals surface area contributed by atoms with Crippen molar-refractivity contribution in [1.29, 1.82) is 0 Å². The highest BCUT2D eigenvalue weighted by molar-refractivity contribution is 6.47. The summed E-state index contributed by atoms with van der Waals surface area (Å²) in [6, 6.07) is 10.0. The van der Waals surface area contributed by atoms with E-state index >= 15 is 0 Å². The van der Waals surface area contributed by atoms with E-state index in [-0.39, 0.29) is 34.2 Å². The van der Waals surface area contributed by atoms with Crippen molar-refractivity contribution in [2.45, 2.75) is 5.54 Å². The second-order valence-electron chi connectivity index (χ2n) is 6.16. The van der Waals surface area contributed by atoms with Gasteiger partial charge in [-0.25, -0.2) is 4.39 Å². The fourth-order valence-electron chi connectivity index (χ4n) is 3.07. The average Bonchev–Trinajstić information content (AvgIpc) is 3.15. The SMILES string of the molecule is CNC(=O)C1=NCNC1(C(N)=O)c1ccc(NC(=O)c2ccccc2Cl)c(F)c1. The Balaban J connectivity index is 1.95. The number of nitrogens with one attached hydrogen (secondary N) is 3. The minimum absolute atomic E-state index is 0.0433. The number of benzene rings is 2. The van der Waals surface area contributed by atoms with Crippen LogP contribution in [0.15, 0.2) is 47.5 Å². The van der Waals surface area contributed by atoms with E-state index in [9.17, 15) is 18.8 Å². The van der Waals surface area contributed by atoms with E-state index in [4.69, 9.17) is 17.3 Å². The number of rotatable bonds is 5. The van der Waals surface area contributed by atoms with Gasteiger partial charge in [-0.1, -0.05) is 29.8 Å². The van der Waals surface area contributed by atoms with E-state index < -0.39 is 29.1 Å². The van der Waals surface area contributed by atoms with Gasteiger partial charge in [0.2, 0.25) is 5.91 Å². The van der Waals surface area contributed by atoms with Gasteiger partial charge in [-0.2, -0.15) is 0 Å². The Kier molecular flexibility index (Phi) is 5.62. The number of amides is 3. The third-order valence-corrected chi connectivity index (χ3v) is 4.85. The van der Waals surface area contributed by atoms with Crippen LogP contribution in [0, 0.1) is 5.82 Å². The lowest BCUT2D eigenvalue weighted by atomic mass is 9.84. The third kappa shape index (κ3) is 3.57. The van der Waals surface area contributed by atoms with Crippen molar-refractivity contribution in [2.24, 2.45) is 10.7 Å². The molecular formula is C19H17ClFN5O3. The summed E-state index contributed by atoms with van der Waals surface area (Å²) in [6.07, 6.45) is 0. The van der Waals surface area contributed by atoms with E-state index in [1.165, 1.54) is 31.3 Å². The largest absolute Gasteiger partial charge is 0.367 e. The Morgan fingerprint density at radius 3 is 2.55 bits per heavy atom. The fourth-order valence-corrected chi connectivity index (χ4v) is 3.29. The van der Waals surface area contributed by atoms with Gasteiger partial charge in [-0.05, 0) is 29.8 Å². The zero-order valence-corrected chi connectivity index (χ0v) is 16.0. The number of hydrogen-bond donors (Lipinski definition) is 4. The molecule has 0 saturated carbocycles. The Bertz CT molecular complexity index is 1040. The number of carbonyl (C=O) groups is 3. The zero-order chi connectivity index (χ0) is 21.2. The van der Waals surface area contributed by atoms with Gasteiger partial charge in [-0.3, -0.25) is 24.7 Å². The first-order valence-electron chi connectivity index (χ1n) is 8.49. The van der Waals surface area contributed by atoms with Crippen LogP contribution >= 0.6 is 11.6 Å². The van der Waals surface area contributed by atoms with Crippen molar-refractivity contribution < 1.29 is 18.8 Å². The predicted octanol–water partition coefficient (Wildman–Crippen LogP) is 1.16. The maximum Gasteiger partial charge on any atom is 0.267 e. The summed E-state index contributed by atoms with van der Waals surface area (Å²) in [7, 11) is 1.38. The van der Waals surface area contributed by atoms with Crippen molar-refractivity contribution in [2.75, 3.05) is 19.0 Å². The van der Waals surface area contributed by atoms with Gasteiger partial charge in [0, 0.05) is 7.05 Å². The number of primary amides is 1. The van der Waals surface area contributed by atoms with Gasteiger partial charge in [0.1, 0.15) is 11.5 Å². The molecule has 3 rings (SSSR count). The first kappa shape index (κ1) is 20.4. The number of halogens is 2. The number of nitrogens with two attached hydrogens (primary N) is 1. The summed E-state index contributed by atoms with van der Waals surface area (Å²) in [4.78, 5) is 40.7. The minimum atomic E-state index is -1.79. The lowest BCUT2D eigenvalue weighted by Crippen LogP contribution is -2.58. The molecule has 1 heterocycles. The molecule has 2 aromatic rings. The molecule has 1 aliphatic rings. The quantitative estimate of drug-likeness (QED) is 0.582. The lowest BCUT2D eigenvalue weighted by molar-refractivity contribution is -0.123. The molecular weight excluding hydrogens is 401 g/mol. The van der Waals surface area contributed by atoms with Crippen LogP contribution in [-0.4, -0.2) is 37.1 Å². The highest BCUT2D eigenvalue weighted by Gasteiger charge is 2.49. The molecule has 29 heavy (non-hydrogen) atoms. The number of aliphatic imine (C=N–C) groups is 1. The lowest BCUT2D eigenvalue weighted by Gasteiger charge is -2.27. The molecule has 1 unspecified atom stereocenters. The van der Waals surface area contributed by atoms with Crippen LogP contribution in [0.2, 0.25) is 5.02 Å². The summed E-state index contributed by atoms with van der Waals surface area (Å²) in [6.45, 7) is -0.0433. The second kappa shape index (κ2) is 7.98. The van der Waals surface area contributed by atoms with Gasteiger partial charge < -0.3 is 16.4 Å². The summed E-state index contributed by atoms with van der Waals surface area (Å²) in [5.74, 6) is -2.96. The Labute approximate surface area is 170 Å².